The molecule has 0 saturated heterocycles. The Bertz CT molecular complexity index is 399. The molecule has 0 unspecified atom stereocenters. The average Bonchev–Trinajstić information content (AvgIpc) is 2.57. The Morgan fingerprint density at radius 1 is 0.652 bits per heavy atom. The number of aromatic hydroxyl groups is 2. The standard InChI is InChI=1S/C8H18O.2C6H6O/c1-3-5-7-9-8-6-4-2;2*7-6-4-2-1-3-5-6/h3-8H2,1-2H3;2*1-5,7H. The van der Waals surface area contributed by atoms with Crippen molar-refractivity contribution in [2.24, 2.45) is 0 Å². The van der Waals surface area contributed by atoms with E-state index in [-0.39, 0.29) is 0 Å². The maximum atomic E-state index is 8.63. The van der Waals surface area contributed by atoms with Crippen LogP contribution in [-0.2, 0) is 4.74 Å². The number of phenolic OH excluding ortho intramolecular Hbond substituents is 2. The van der Waals surface area contributed by atoms with E-state index in [0.717, 1.165) is 13.2 Å². The van der Waals surface area contributed by atoms with E-state index in [9.17, 15) is 0 Å². The highest BCUT2D eigenvalue weighted by molar-refractivity contribution is 5.19. The lowest BCUT2D eigenvalue weighted by molar-refractivity contribution is 0.128. The Morgan fingerprint density at radius 3 is 1.22 bits per heavy atom. The summed E-state index contributed by atoms with van der Waals surface area (Å²) in [5.41, 5.74) is 0. The maximum Gasteiger partial charge on any atom is 0.115 e. The van der Waals surface area contributed by atoms with E-state index in [2.05, 4.69) is 13.8 Å². The molecule has 0 saturated carbocycles. The maximum absolute atomic E-state index is 8.63. The Morgan fingerprint density at radius 2 is 1.00 bits per heavy atom. The molecule has 0 amide bonds. The number of hydrogen-bond acceptors (Lipinski definition) is 3. The second-order valence-corrected chi connectivity index (χ2v) is 4.99. The summed E-state index contributed by atoms with van der Waals surface area (Å²) in [7, 11) is 0. The van der Waals surface area contributed by atoms with Crippen molar-refractivity contribution in [1.82, 2.24) is 0 Å². The smallest absolute Gasteiger partial charge is 0.115 e. The van der Waals surface area contributed by atoms with Crippen LogP contribution in [-0.4, -0.2) is 23.4 Å². The third kappa shape index (κ3) is 16.2. The van der Waals surface area contributed by atoms with Crippen molar-refractivity contribution in [3.8, 4) is 11.5 Å². The topological polar surface area (TPSA) is 49.7 Å². The van der Waals surface area contributed by atoms with Gasteiger partial charge < -0.3 is 14.9 Å². The molecule has 2 rings (SSSR count). The molecule has 0 fully saturated rings. The summed E-state index contributed by atoms with van der Waals surface area (Å²) in [4.78, 5) is 0. The first kappa shape index (κ1) is 21.0. The van der Waals surface area contributed by atoms with Crippen LogP contribution in [0.2, 0.25) is 0 Å². The summed E-state index contributed by atoms with van der Waals surface area (Å²) >= 11 is 0. The minimum absolute atomic E-state index is 0.322. The predicted molar refractivity (Wildman–Crippen MR) is 96.8 cm³/mol. The molecular weight excluding hydrogens is 288 g/mol. The van der Waals surface area contributed by atoms with Gasteiger partial charge in [0.1, 0.15) is 11.5 Å². The molecule has 0 aromatic heterocycles. The van der Waals surface area contributed by atoms with Gasteiger partial charge in [-0.1, -0.05) is 63.1 Å². The predicted octanol–water partition coefficient (Wildman–Crippen LogP) is 5.39. The van der Waals surface area contributed by atoms with Gasteiger partial charge in [-0.05, 0) is 37.1 Å². The Hall–Kier alpha value is -2.00. The fraction of sp³-hybridized carbons (Fsp3) is 0.400. The van der Waals surface area contributed by atoms with Gasteiger partial charge in [-0.15, -0.1) is 0 Å². The van der Waals surface area contributed by atoms with Crippen LogP contribution in [0.25, 0.3) is 0 Å². The molecule has 0 aliphatic rings. The second kappa shape index (κ2) is 16.4. The summed E-state index contributed by atoms with van der Waals surface area (Å²) in [6.45, 7) is 6.28. The minimum Gasteiger partial charge on any atom is -0.508 e. The first-order valence-corrected chi connectivity index (χ1v) is 8.26. The third-order valence-electron chi connectivity index (χ3n) is 2.80. The summed E-state index contributed by atoms with van der Waals surface area (Å²) < 4.78 is 5.31. The molecule has 0 aliphatic heterocycles. The first-order chi connectivity index (χ1) is 11.2. The molecule has 0 heterocycles. The molecule has 0 spiro atoms. The molecule has 2 aromatic rings. The van der Waals surface area contributed by atoms with Crippen molar-refractivity contribution < 1.29 is 14.9 Å². The van der Waals surface area contributed by atoms with Crippen LogP contribution in [0.1, 0.15) is 39.5 Å². The van der Waals surface area contributed by atoms with E-state index >= 15 is 0 Å². The van der Waals surface area contributed by atoms with Gasteiger partial charge in [0.25, 0.3) is 0 Å². The van der Waals surface area contributed by atoms with Crippen LogP contribution in [0, 0.1) is 0 Å². The van der Waals surface area contributed by atoms with Gasteiger partial charge in [0, 0.05) is 13.2 Å². The lowest BCUT2D eigenvalue weighted by atomic mass is 10.3. The van der Waals surface area contributed by atoms with Gasteiger partial charge in [-0.3, -0.25) is 0 Å². The number of hydrogen-bond donors (Lipinski definition) is 2. The lowest BCUT2D eigenvalue weighted by Gasteiger charge is -1.99. The number of unbranched alkanes of at least 4 members (excludes halogenated alkanes) is 2. The first-order valence-electron chi connectivity index (χ1n) is 8.26. The van der Waals surface area contributed by atoms with Gasteiger partial charge in [0.15, 0.2) is 0 Å². The average molecular weight is 318 g/mol. The number of benzene rings is 2. The van der Waals surface area contributed by atoms with E-state index < -0.39 is 0 Å². The Labute approximate surface area is 140 Å². The Balaban J connectivity index is 0.000000318. The van der Waals surface area contributed by atoms with Crippen molar-refractivity contribution in [3.05, 3.63) is 60.7 Å². The van der Waals surface area contributed by atoms with Crippen molar-refractivity contribution >= 4 is 0 Å². The zero-order chi connectivity index (χ0) is 17.2. The molecular formula is C20H30O3. The number of rotatable bonds is 6. The van der Waals surface area contributed by atoms with Crippen molar-refractivity contribution in [2.45, 2.75) is 39.5 Å². The summed E-state index contributed by atoms with van der Waals surface area (Å²) in [5.74, 6) is 0.644. The zero-order valence-electron chi connectivity index (χ0n) is 14.3. The molecule has 2 N–H and O–H groups in total. The highest BCUT2D eigenvalue weighted by atomic mass is 16.5. The highest BCUT2D eigenvalue weighted by Gasteiger charge is 1.84. The lowest BCUT2D eigenvalue weighted by Crippen LogP contribution is -1.95. The van der Waals surface area contributed by atoms with Crippen molar-refractivity contribution in [3.63, 3.8) is 0 Å². The number of phenols is 2. The van der Waals surface area contributed by atoms with Gasteiger partial charge in [0.2, 0.25) is 0 Å². The van der Waals surface area contributed by atoms with Crippen LogP contribution in [0.15, 0.2) is 60.7 Å². The fourth-order valence-electron chi connectivity index (χ4n) is 1.45. The third-order valence-corrected chi connectivity index (χ3v) is 2.80. The van der Waals surface area contributed by atoms with Gasteiger partial charge >= 0.3 is 0 Å². The SMILES string of the molecule is CCCCOCCCC.Oc1ccccc1.Oc1ccccc1. The quantitative estimate of drug-likeness (QED) is 0.702. The van der Waals surface area contributed by atoms with Gasteiger partial charge in [-0.25, -0.2) is 0 Å². The Kier molecular flexibility index (Phi) is 14.9. The number of ether oxygens (including phenoxy) is 1. The van der Waals surface area contributed by atoms with E-state index in [1.165, 1.54) is 25.7 Å². The molecule has 0 radical (unpaired) electrons. The summed E-state index contributed by atoms with van der Waals surface area (Å²) in [6.07, 6.45) is 4.91. The molecule has 0 aliphatic carbocycles. The van der Waals surface area contributed by atoms with Crippen LogP contribution in [0.3, 0.4) is 0 Å². The molecule has 0 bridgehead atoms. The highest BCUT2D eigenvalue weighted by Crippen LogP contribution is 2.03. The van der Waals surface area contributed by atoms with Crippen molar-refractivity contribution in [2.75, 3.05) is 13.2 Å². The fourth-order valence-corrected chi connectivity index (χ4v) is 1.45. The van der Waals surface area contributed by atoms with E-state index in [0.29, 0.717) is 11.5 Å². The summed E-state index contributed by atoms with van der Waals surface area (Å²) in [6, 6.07) is 17.4. The van der Waals surface area contributed by atoms with Gasteiger partial charge in [-0.2, -0.15) is 0 Å². The van der Waals surface area contributed by atoms with E-state index in [4.69, 9.17) is 14.9 Å². The summed E-state index contributed by atoms with van der Waals surface area (Å²) in [5, 5.41) is 17.3. The zero-order valence-corrected chi connectivity index (χ0v) is 14.3. The molecule has 2 aromatic carbocycles. The molecule has 3 nitrogen and oxygen atoms in total. The molecule has 23 heavy (non-hydrogen) atoms. The van der Waals surface area contributed by atoms with Gasteiger partial charge in [0.05, 0.1) is 0 Å². The van der Waals surface area contributed by atoms with Crippen LogP contribution < -0.4 is 0 Å². The second-order valence-electron chi connectivity index (χ2n) is 4.99. The largest absolute Gasteiger partial charge is 0.508 e. The monoisotopic (exact) mass is 318 g/mol. The molecule has 128 valence electrons. The number of para-hydroxylation sites is 2. The normalized spacial score (nSPS) is 9.13. The van der Waals surface area contributed by atoms with Crippen molar-refractivity contribution in [1.29, 1.82) is 0 Å². The van der Waals surface area contributed by atoms with Crippen LogP contribution >= 0.6 is 0 Å². The van der Waals surface area contributed by atoms with Crippen LogP contribution in [0.4, 0.5) is 0 Å². The van der Waals surface area contributed by atoms with E-state index in [1.807, 2.05) is 12.1 Å². The van der Waals surface area contributed by atoms with Crippen LogP contribution in [0.5, 0.6) is 11.5 Å². The molecule has 0 atom stereocenters. The minimum atomic E-state index is 0.322. The van der Waals surface area contributed by atoms with E-state index in [1.54, 1.807) is 48.5 Å². The molecule has 3 heteroatoms.